The molecule has 10 nitrogen and oxygen atoms in total. The molecule has 1 atom stereocenters. The monoisotopic (exact) mass is 607 g/mol. The molecule has 2 aromatic rings. The van der Waals surface area contributed by atoms with Crippen LogP contribution in [-0.4, -0.2) is 96.5 Å². The summed E-state index contributed by atoms with van der Waals surface area (Å²) in [5, 5.41) is 0. The number of amides is 1. The highest BCUT2D eigenvalue weighted by Gasteiger charge is 2.42. The molecule has 3 heterocycles. The summed E-state index contributed by atoms with van der Waals surface area (Å²) in [6.07, 6.45) is -5.51. The van der Waals surface area contributed by atoms with Crippen molar-refractivity contribution in [1.29, 1.82) is 0 Å². The Morgan fingerprint density at radius 2 is 1.71 bits per heavy atom. The van der Waals surface area contributed by atoms with Crippen LogP contribution in [-0.2, 0) is 44.7 Å². The number of rotatable bonds is 11. The Balaban J connectivity index is 1.35. The van der Waals surface area contributed by atoms with E-state index in [1.54, 1.807) is 0 Å². The Morgan fingerprint density at radius 3 is 2.43 bits per heavy atom. The third-order valence-corrected chi connectivity index (χ3v) is 6.93. The summed E-state index contributed by atoms with van der Waals surface area (Å²) in [4.78, 5) is 32.5. The number of imidazole rings is 1. The van der Waals surface area contributed by atoms with Crippen molar-refractivity contribution < 1.29 is 50.1 Å². The van der Waals surface area contributed by atoms with E-state index in [4.69, 9.17) is 19.9 Å². The second-order valence-electron chi connectivity index (χ2n) is 9.92. The SMILES string of the molecule is N[C@@H](CC(=O)N1CCn2c(C(F)(F)F)nc(C(=O)OCCOCCN3CCOCC3)c2C1)Cc1cc(F)c(F)cc1F. The van der Waals surface area contributed by atoms with Crippen LogP contribution >= 0.6 is 0 Å². The normalized spacial score (nSPS) is 16.8. The van der Waals surface area contributed by atoms with Crippen LogP contribution in [0, 0.1) is 17.5 Å². The van der Waals surface area contributed by atoms with Crippen molar-refractivity contribution >= 4 is 11.9 Å². The highest BCUT2D eigenvalue weighted by molar-refractivity contribution is 5.89. The molecule has 4 rings (SSSR count). The second-order valence-corrected chi connectivity index (χ2v) is 9.92. The van der Waals surface area contributed by atoms with E-state index in [9.17, 15) is 35.9 Å². The number of carbonyl (C=O) groups is 2. The first-order valence-corrected chi connectivity index (χ1v) is 13.3. The maximum atomic E-state index is 14.0. The Morgan fingerprint density at radius 1 is 1.00 bits per heavy atom. The maximum Gasteiger partial charge on any atom is 0.449 e. The van der Waals surface area contributed by atoms with E-state index in [0.29, 0.717) is 38.5 Å². The second kappa shape index (κ2) is 13.8. The zero-order valence-electron chi connectivity index (χ0n) is 22.6. The van der Waals surface area contributed by atoms with Gasteiger partial charge in [0.05, 0.1) is 38.7 Å². The lowest BCUT2D eigenvalue weighted by Crippen LogP contribution is -2.42. The fraction of sp³-hybridized carbons (Fsp3) is 0.577. The third-order valence-electron chi connectivity index (χ3n) is 6.93. The van der Waals surface area contributed by atoms with Gasteiger partial charge in [-0.25, -0.2) is 22.9 Å². The van der Waals surface area contributed by atoms with Gasteiger partial charge in [-0.15, -0.1) is 0 Å². The van der Waals surface area contributed by atoms with Crippen LogP contribution in [0.1, 0.15) is 34.0 Å². The van der Waals surface area contributed by atoms with Gasteiger partial charge in [0.2, 0.25) is 11.7 Å². The standard InChI is InChI=1S/C26H31F6N5O5/c27-18-14-20(29)19(28)12-16(18)11-17(33)13-22(38)36-1-2-37-21(15-36)23(34-25(37)26(30,31)32)24(39)42-10-9-41-8-5-35-3-6-40-7-4-35/h12,14,17H,1-11,13,15,33H2/t17-/m1/s1. The fourth-order valence-corrected chi connectivity index (χ4v) is 4.77. The number of hydrogen-bond acceptors (Lipinski definition) is 8. The van der Waals surface area contributed by atoms with Gasteiger partial charge in [-0.05, 0) is 18.1 Å². The Hall–Kier alpha value is -3.21. The molecular weight excluding hydrogens is 576 g/mol. The predicted octanol–water partition coefficient (Wildman–Crippen LogP) is 2.13. The molecule has 1 aromatic heterocycles. The molecule has 232 valence electrons. The van der Waals surface area contributed by atoms with E-state index in [2.05, 4.69) is 9.88 Å². The first-order chi connectivity index (χ1) is 19.9. The molecule has 1 amide bonds. The number of ether oxygens (including phenoxy) is 3. The third kappa shape index (κ3) is 7.99. The first-order valence-electron chi connectivity index (χ1n) is 13.3. The lowest BCUT2D eigenvalue weighted by atomic mass is 10.0. The Kier molecular flexibility index (Phi) is 10.5. The summed E-state index contributed by atoms with van der Waals surface area (Å²) >= 11 is 0. The minimum Gasteiger partial charge on any atom is -0.458 e. The molecule has 0 radical (unpaired) electrons. The number of hydrogen-bond donors (Lipinski definition) is 1. The lowest BCUT2D eigenvalue weighted by molar-refractivity contribution is -0.148. The van der Waals surface area contributed by atoms with Crippen LogP contribution in [0.3, 0.4) is 0 Å². The molecule has 1 saturated heterocycles. The lowest BCUT2D eigenvalue weighted by Gasteiger charge is -2.30. The highest BCUT2D eigenvalue weighted by Crippen LogP contribution is 2.32. The molecule has 0 bridgehead atoms. The number of fused-ring (bicyclic) bond motifs is 1. The number of benzene rings is 1. The van der Waals surface area contributed by atoms with Gasteiger partial charge >= 0.3 is 12.1 Å². The quantitative estimate of drug-likeness (QED) is 0.179. The van der Waals surface area contributed by atoms with E-state index < -0.39 is 53.1 Å². The van der Waals surface area contributed by atoms with E-state index in [-0.39, 0.29) is 56.9 Å². The van der Waals surface area contributed by atoms with Crippen LogP contribution in [0.25, 0.3) is 0 Å². The summed E-state index contributed by atoms with van der Waals surface area (Å²) < 4.78 is 98.3. The van der Waals surface area contributed by atoms with Crippen molar-refractivity contribution in [3.05, 3.63) is 52.4 Å². The van der Waals surface area contributed by atoms with Crippen molar-refractivity contribution in [3.8, 4) is 0 Å². The number of carbonyl (C=O) groups excluding carboxylic acids is 2. The minimum absolute atomic E-state index is 0.0271. The number of alkyl halides is 3. The molecule has 42 heavy (non-hydrogen) atoms. The zero-order chi connectivity index (χ0) is 30.4. The zero-order valence-corrected chi connectivity index (χ0v) is 22.6. The van der Waals surface area contributed by atoms with Gasteiger partial charge in [-0.1, -0.05) is 0 Å². The van der Waals surface area contributed by atoms with Gasteiger partial charge in [-0.2, -0.15) is 13.2 Å². The summed E-state index contributed by atoms with van der Waals surface area (Å²) in [7, 11) is 0. The van der Waals surface area contributed by atoms with Gasteiger partial charge < -0.3 is 29.4 Å². The number of nitrogens with two attached hydrogens (primary N) is 1. The summed E-state index contributed by atoms with van der Waals surface area (Å²) in [6.45, 7) is 2.87. The van der Waals surface area contributed by atoms with Crippen molar-refractivity contribution in [2.75, 3.05) is 59.2 Å². The van der Waals surface area contributed by atoms with Gasteiger partial charge in [-0.3, -0.25) is 9.69 Å². The predicted molar refractivity (Wildman–Crippen MR) is 134 cm³/mol. The van der Waals surface area contributed by atoms with Gasteiger partial charge in [0.25, 0.3) is 0 Å². The molecule has 0 spiro atoms. The van der Waals surface area contributed by atoms with E-state index in [0.717, 1.165) is 17.7 Å². The number of nitrogens with zero attached hydrogens (tertiary/aromatic N) is 4. The Labute approximate surface area is 237 Å². The van der Waals surface area contributed by atoms with Gasteiger partial charge in [0.1, 0.15) is 12.4 Å². The van der Waals surface area contributed by atoms with Gasteiger partial charge in [0.15, 0.2) is 17.3 Å². The van der Waals surface area contributed by atoms with Crippen molar-refractivity contribution in [2.24, 2.45) is 5.73 Å². The molecule has 1 aromatic carbocycles. The number of esters is 1. The molecule has 2 N–H and O–H groups in total. The van der Waals surface area contributed by atoms with E-state index in [1.807, 2.05) is 0 Å². The fourth-order valence-electron chi connectivity index (χ4n) is 4.77. The molecule has 0 saturated carbocycles. The van der Waals surface area contributed by atoms with E-state index >= 15 is 0 Å². The molecule has 2 aliphatic heterocycles. The summed E-state index contributed by atoms with van der Waals surface area (Å²) in [5.41, 5.74) is 5.00. The molecule has 2 aliphatic rings. The smallest absolute Gasteiger partial charge is 0.449 e. The number of aromatic nitrogens is 2. The molecule has 16 heteroatoms. The molecule has 1 fully saturated rings. The molecule has 0 unspecified atom stereocenters. The van der Waals surface area contributed by atoms with Crippen LogP contribution in [0.2, 0.25) is 0 Å². The highest BCUT2D eigenvalue weighted by atomic mass is 19.4. The largest absolute Gasteiger partial charge is 0.458 e. The van der Waals surface area contributed by atoms with Crippen molar-refractivity contribution in [3.63, 3.8) is 0 Å². The number of halogens is 6. The average Bonchev–Trinajstić information content (AvgIpc) is 3.34. The first kappa shape index (κ1) is 31.7. The van der Waals surface area contributed by atoms with Crippen LogP contribution in [0.5, 0.6) is 0 Å². The summed E-state index contributed by atoms with van der Waals surface area (Å²) in [6, 6.07) is 0.0314. The van der Waals surface area contributed by atoms with Crippen LogP contribution < -0.4 is 5.73 Å². The van der Waals surface area contributed by atoms with Gasteiger partial charge in [0, 0.05) is 51.3 Å². The number of morpholine rings is 1. The van der Waals surface area contributed by atoms with Crippen molar-refractivity contribution in [2.45, 2.75) is 38.1 Å². The molecular formula is C26H31F6N5O5. The topological polar surface area (TPSA) is 112 Å². The minimum atomic E-state index is -4.86. The van der Waals surface area contributed by atoms with Crippen molar-refractivity contribution in [1.82, 2.24) is 19.4 Å². The average molecular weight is 608 g/mol. The Bertz CT molecular complexity index is 1270. The maximum absolute atomic E-state index is 14.0. The van der Waals surface area contributed by atoms with Crippen LogP contribution in [0.4, 0.5) is 26.3 Å². The van der Waals surface area contributed by atoms with E-state index in [1.165, 1.54) is 4.90 Å². The van der Waals surface area contributed by atoms with Crippen LogP contribution in [0.15, 0.2) is 12.1 Å². The molecule has 0 aliphatic carbocycles. The summed E-state index contributed by atoms with van der Waals surface area (Å²) in [5.74, 6) is -6.62.